The molecular formula is C21H32FN3O2. The van der Waals surface area contributed by atoms with Gasteiger partial charge in [0.2, 0.25) is 5.91 Å². The average molecular weight is 378 g/mol. The van der Waals surface area contributed by atoms with Gasteiger partial charge in [-0.15, -0.1) is 0 Å². The largest absolute Gasteiger partial charge is 0.383 e. The van der Waals surface area contributed by atoms with Gasteiger partial charge in [0.25, 0.3) is 0 Å². The smallest absolute Gasteiger partial charge is 0.225 e. The highest BCUT2D eigenvalue weighted by atomic mass is 19.1. The van der Waals surface area contributed by atoms with Gasteiger partial charge in [-0.3, -0.25) is 9.69 Å². The molecule has 1 aromatic rings. The molecule has 0 atom stereocenters. The fourth-order valence-corrected chi connectivity index (χ4v) is 4.13. The lowest BCUT2D eigenvalue weighted by Gasteiger charge is -2.33. The molecule has 2 fully saturated rings. The number of halogens is 1. The Kier molecular flexibility index (Phi) is 7.61. The standard InChI is InChI=1S/C21H32FN3O2/c1-27-15-14-23-10-6-19(7-11-23)21(26)25-9-3-8-24(12-13-25)17-18-4-2-5-20(22)16-18/h2,4-5,16,19H,3,6-15,17H2,1H3. The third-order valence-corrected chi connectivity index (χ3v) is 5.74. The fraction of sp³-hybridized carbons (Fsp3) is 0.667. The van der Waals surface area contributed by atoms with Gasteiger partial charge in [0.1, 0.15) is 5.82 Å². The van der Waals surface area contributed by atoms with Crippen LogP contribution in [0.5, 0.6) is 0 Å². The van der Waals surface area contributed by atoms with E-state index in [4.69, 9.17) is 4.74 Å². The first-order chi connectivity index (χ1) is 13.2. The van der Waals surface area contributed by atoms with Crippen LogP contribution < -0.4 is 0 Å². The van der Waals surface area contributed by atoms with E-state index in [-0.39, 0.29) is 11.7 Å². The van der Waals surface area contributed by atoms with Crippen LogP contribution in [0.15, 0.2) is 24.3 Å². The van der Waals surface area contributed by atoms with Gasteiger partial charge in [0.15, 0.2) is 0 Å². The Hall–Kier alpha value is -1.50. The zero-order valence-electron chi connectivity index (χ0n) is 16.4. The molecule has 2 heterocycles. The van der Waals surface area contributed by atoms with E-state index in [9.17, 15) is 9.18 Å². The van der Waals surface area contributed by atoms with Crippen LogP contribution in [0.3, 0.4) is 0 Å². The Morgan fingerprint density at radius 1 is 1.11 bits per heavy atom. The predicted molar refractivity (Wildman–Crippen MR) is 104 cm³/mol. The van der Waals surface area contributed by atoms with Crippen molar-refractivity contribution in [3.05, 3.63) is 35.6 Å². The molecule has 2 aliphatic rings. The Morgan fingerprint density at radius 2 is 1.93 bits per heavy atom. The number of hydrogen-bond donors (Lipinski definition) is 0. The monoisotopic (exact) mass is 377 g/mol. The van der Waals surface area contributed by atoms with Gasteiger partial charge in [-0.2, -0.15) is 0 Å². The van der Waals surface area contributed by atoms with E-state index < -0.39 is 0 Å². The number of piperidine rings is 1. The highest BCUT2D eigenvalue weighted by Crippen LogP contribution is 2.21. The summed E-state index contributed by atoms with van der Waals surface area (Å²) in [5, 5.41) is 0. The van der Waals surface area contributed by atoms with Gasteiger partial charge in [0, 0.05) is 52.3 Å². The lowest BCUT2D eigenvalue weighted by molar-refractivity contribution is -0.137. The van der Waals surface area contributed by atoms with Crippen LogP contribution in [0, 0.1) is 11.7 Å². The molecule has 0 aromatic heterocycles. The zero-order valence-corrected chi connectivity index (χ0v) is 16.4. The van der Waals surface area contributed by atoms with Crippen LogP contribution in [0.25, 0.3) is 0 Å². The molecule has 5 nitrogen and oxygen atoms in total. The predicted octanol–water partition coefficient (Wildman–Crippen LogP) is 2.22. The maximum absolute atomic E-state index is 13.4. The van der Waals surface area contributed by atoms with Crippen molar-refractivity contribution in [1.82, 2.24) is 14.7 Å². The molecular weight excluding hydrogens is 345 g/mol. The second kappa shape index (κ2) is 10.2. The minimum Gasteiger partial charge on any atom is -0.383 e. The van der Waals surface area contributed by atoms with Gasteiger partial charge >= 0.3 is 0 Å². The fourth-order valence-electron chi connectivity index (χ4n) is 4.13. The van der Waals surface area contributed by atoms with Gasteiger partial charge in [0.05, 0.1) is 6.61 Å². The number of amides is 1. The van der Waals surface area contributed by atoms with Crippen LogP contribution in [-0.4, -0.2) is 80.1 Å². The molecule has 2 aliphatic heterocycles. The summed E-state index contributed by atoms with van der Waals surface area (Å²) in [5.74, 6) is 0.309. The van der Waals surface area contributed by atoms with Gasteiger partial charge in [-0.05, 0) is 50.0 Å². The van der Waals surface area contributed by atoms with Gasteiger partial charge in [-0.1, -0.05) is 12.1 Å². The van der Waals surface area contributed by atoms with Gasteiger partial charge in [-0.25, -0.2) is 4.39 Å². The second-order valence-corrected chi connectivity index (χ2v) is 7.69. The van der Waals surface area contributed by atoms with Crippen LogP contribution >= 0.6 is 0 Å². The number of benzene rings is 1. The van der Waals surface area contributed by atoms with Crippen molar-refractivity contribution in [2.45, 2.75) is 25.8 Å². The summed E-state index contributed by atoms with van der Waals surface area (Å²) in [6.07, 6.45) is 2.88. The second-order valence-electron chi connectivity index (χ2n) is 7.69. The molecule has 0 unspecified atom stereocenters. The summed E-state index contributed by atoms with van der Waals surface area (Å²) >= 11 is 0. The third kappa shape index (κ3) is 5.99. The van der Waals surface area contributed by atoms with E-state index in [0.717, 1.165) is 83.8 Å². The third-order valence-electron chi connectivity index (χ3n) is 5.74. The topological polar surface area (TPSA) is 36.0 Å². The molecule has 1 aromatic carbocycles. The summed E-state index contributed by atoms with van der Waals surface area (Å²) in [4.78, 5) is 19.7. The van der Waals surface area contributed by atoms with Crippen molar-refractivity contribution in [2.75, 3.05) is 59.5 Å². The summed E-state index contributed by atoms with van der Waals surface area (Å²) in [5.41, 5.74) is 0.998. The van der Waals surface area contributed by atoms with E-state index in [0.29, 0.717) is 5.91 Å². The molecule has 0 spiro atoms. The zero-order chi connectivity index (χ0) is 19.1. The first-order valence-corrected chi connectivity index (χ1v) is 10.1. The Morgan fingerprint density at radius 3 is 2.67 bits per heavy atom. The number of likely N-dealkylation sites (tertiary alicyclic amines) is 1. The minimum atomic E-state index is -0.184. The van der Waals surface area contributed by atoms with E-state index in [1.807, 2.05) is 6.07 Å². The molecule has 0 bridgehead atoms. The quantitative estimate of drug-likeness (QED) is 0.762. The normalized spacial score (nSPS) is 20.6. The Bertz CT molecular complexity index is 605. The number of rotatable bonds is 6. The highest BCUT2D eigenvalue weighted by molar-refractivity contribution is 5.79. The van der Waals surface area contributed by atoms with Crippen molar-refractivity contribution in [3.8, 4) is 0 Å². The molecule has 0 aliphatic carbocycles. The van der Waals surface area contributed by atoms with Gasteiger partial charge < -0.3 is 14.5 Å². The van der Waals surface area contributed by atoms with Crippen molar-refractivity contribution in [3.63, 3.8) is 0 Å². The van der Waals surface area contributed by atoms with E-state index in [1.165, 1.54) is 6.07 Å². The maximum atomic E-state index is 13.4. The molecule has 2 saturated heterocycles. The average Bonchev–Trinajstić information content (AvgIpc) is 2.92. The lowest BCUT2D eigenvalue weighted by atomic mass is 9.95. The van der Waals surface area contributed by atoms with Crippen molar-refractivity contribution >= 4 is 5.91 Å². The molecule has 1 amide bonds. The lowest BCUT2D eigenvalue weighted by Crippen LogP contribution is -2.44. The Balaban J connectivity index is 1.45. The summed E-state index contributed by atoms with van der Waals surface area (Å²) in [6, 6.07) is 6.81. The summed E-state index contributed by atoms with van der Waals surface area (Å²) < 4.78 is 18.5. The number of hydrogen-bond acceptors (Lipinski definition) is 4. The van der Waals surface area contributed by atoms with Crippen LogP contribution in [-0.2, 0) is 16.1 Å². The van der Waals surface area contributed by atoms with E-state index >= 15 is 0 Å². The molecule has 0 saturated carbocycles. The first kappa shape index (κ1) is 20.2. The summed E-state index contributed by atoms with van der Waals surface area (Å²) in [6.45, 7) is 7.85. The van der Waals surface area contributed by atoms with Crippen molar-refractivity contribution < 1.29 is 13.9 Å². The molecule has 6 heteroatoms. The highest BCUT2D eigenvalue weighted by Gasteiger charge is 2.29. The number of carbonyl (C=O) groups excluding carboxylic acids is 1. The number of nitrogens with zero attached hydrogens (tertiary/aromatic N) is 3. The van der Waals surface area contributed by atoms with Crippen LogP contribution in [0.1, 0.15) is 24.8 Å². The number of methoxy groups -OCH3 is 1. The van der Waals surface area contributed by atoms with E-state index in [1.54, 1.807) is 19.2 Å². The van der Waals surface area contributed by atoms with Crippen LogP contribution in [0.2, 0.25) is 0 Å². The summed E-state index contributed by atoms with van der Waals surface area (Å²) in [7, 11) is 1.73. The van der Waals surface area contributed by atoms with Crippen molar-refractivity contribution in [2.24, 2.45) is 5.92 Å². The molecule has 150 valence electrons. The SMILES string of the molecule is COCCN1CCC(C(=O)N2CCCN(Cc3cccc(F)c3)CC2)CC1. The minimum absolute atomic E-state index is 0.165. The van der Waals surface area contributed by atoms with E-state index in [2.05, 4.69) is 14.7 Å². The molecule has 3 rings (SSSR count). The Labute approximate surface area is 162 Å². The molecule has 0 radical (unpaired) electrons. The number of ether oxygens (including phenoxy) is 1. The number of carbonyl (C=O) groups is 1. The molecule has 27 heavy (non-hydrogen) atoms. The molecule has 0 N–H and O–H groups in total. The van der Waals surface area contributed by atoms with Crippen LogP contribution in [0.4, 0.5) is 4.39 Å². The van der Waals surface area contributed by atoms with Crippen molar-refractivity contribution in [1.29, 1.82) is 0 Å². The first-order valence-electron chi connectivity index (χ1n) is 10.1. The maximum Gasteiger partial charge on any atom is 0.225 e.